The van der Waals surface area contributed by atoms with Gasteiger partial charge in [0.1, 0.15) is 5.82 Å². The number of para-hydroxylation sites is 1. The first-order valence-corrected chi connectivity index (χ1v) is 9.87. The Bertz CT molecular complexity index is 1060. The standard InChI is InChI=1S/C23H23N5/c1-2-4-21-20(3-1)22(7-12-25-21)27-14-8-19(9-15-27)23-26-13-16-28(23)17-18-5-10-24-11-6-18/h1-7,10-13,16,19H,8-9,14-15,17H2. The van der Waals surface area contributed by atoms with Gasteiger partial charge in [-0.1, -0.05) is 18.2 Å². The average Bonchev–Trinajstić information content (AvgIpc) is 3.22. The van der Waals surface area contributed by atoms with Crippen LogP contribution in [-0.2, 0) is 6.54 Å². The summed E-state index contributed by atoms with van der Waals surface area (Å²) in [6.45, 7) is 2.94. The van der Waals surface area contributed by atoms with Gasteiger partial charge in [0.25, 0.3) is 0 Å². The van der Waals surface area contributed by atoms with Gasteiger partial charge in [0.05, 0.1) is 5.52 Å². The molecule has 0 atom stereocenters. The highest BCUT2D eigenvalue weighted by molar-refractivity contribution is 5.91. The van der Waals surface area contributed by atoms with Crippen molar-refractivity contribution in [2.24, 2.45) is 0 Å². The zero-order valence-electron chi connectivity index (χ0n) is 15.8. The van der Waals surface area contributed by atoms with Crippen molar-refractivity contribution in [2.75, 3.05) is 18.0 Å². The normalized spacial score (nSPS) is 15.2. The van der Waals surface area contributed by atoms with Crippen LogP contribution in [0.15, 0.2) is 73.4 Å². The molecule has 1 fully saturated rings. The molecular formula is C23H23N5. The third-order valence-corrected chi connectivity index (χ3v) is 5.68. The van der Waals surface area contributed by atoms with Gasteiger partial charge in [-0.15, -0.1) is 0 Å². The molecule has 0 N–H and O–H groups in total. The van der Waals surface area contributed by atoms with Crippen molar-refractivity contribution in [1.29, 1.82) is 0 Å². The number of rotatable bonds is 4. The summed E-state index contributed by atoms with van der Waals surface area (Å²) in [4.78, 5) is 15.8. The van der Waals surface area contributed by atoms with Crippen LogP contribution in [0.5, 0.6) is 0 Å². The minimum atomic E-state index is 0.501. The second-order valence-electron chi connectivity index (χ2n) is 7.38. The van der Waals surface area contributed by atoms with E-state index in [-0.39, 0.29) is 0 Å². The van der Waals surface area contributed by atoms with E-state index < -0.39 is 0 Å². The Balaban J connectivity index is 1.32. The number of pyridine rings is 2. The third-order valence-electron chi connectivity index (χ3n) is 5.68. The van der Waals surface area contributed by atoms with Crippen LogP contribution in [0, 0.1) is 0 Å². The van der Waals surface area contributed by atoms with Crippen molar-refractivity contribution in [3.8, 4) is 0 Å². The maximum Gasteiger partial charge on any atom is 0.112 e. The molecule has 4 heterocycles. The van der Waals surface area contributed by atoms with Crippen LogP contribution in [0.2, 0.25) is 0 Å². The molecule has 5 nitrogen and oxygen atoms in total. The van der Waals surface area contributed by atoms with Gasteiger partial charge in [-0.05, 0) is 42.7 Å². The van der Waals surface area contributed by atoms with E-state index in [1.807, 2.05) is 30.9 Å². The van der Waals surface area contributed by atoms with Gasteiger partial charge in [-0.3, -0.25) is 9.97 Å². The molecule has 28 heavy (non-hydrogen) atoms. The molecule has 3 aromatic heterocycles. The van der Waals surface area contributed by atoms with Crippen LogP contribution >= 0.6 is 0 Å². The Morgan fingerprint density at radius 3 is 2.54 bits per heavy atom. The zero-order valence-corrected chi connectivity index (χ0v) is 15.8. The molecule has 1 saturated heterocycles. The molecule has 0 amide bonds. The first-order chi connectivity index (χ1) is 13.9. The topological polar surface area (TPSA) is 46.8 Å². The van der Waals surface area contributed by atoms with Crippen LogP contribution in [0.1, 0.15) is 30.1 Å². The van der Waals surface area contributed by atoms with Crippen LogP contribution in [-0.4, -0.2) is 32.6 Å². The summed E-state index contributed by atoms with van der Waals surface area (Å²) in [7, 11) is 0. The van der Waals surface area contributed by atoms with Gasteiger partial charge in [-0.2, -0.15) is 0 Å². The fourth-order valence-electron chi connectivity index (χ4n) is 4.23. The van der Waals surface area contributed by atoms with E-state index in [0.717, 1.165) is 38.0 Å². The minimum absolute atomic E-state index is 0.501. The van der Waals surface area contributed by atoms with Gasteiger partial charge in [0.15, 0.2) is 0 Å². The summed E-state index contributed by atoms with van der Waals surface area (Å²) in [5.41, 5.74) is 3.62. The summed E-state index contributed by atoms with van der Waals surface area (Å²) < 4.78 is 2.29. The van der Waals surface area contributed by atoms with Crippen molar-refractivity contribution in [3.05, 3.63) is 84.8 Å². The minimum Gasteiger partial charge on any atom is -0.371 e. The summed E-state index contributed by atoms with van der Waals surface area (Å²) in [5, 5.41) is 1.24. The lowest BCUT2D eigenvalue weighted by Gasteiger charge is -2.34. The lowest BCUT2D eigenvalue weighted by molar-refractivity contribution is 0.471. The Hall–Kier alpha value is -3.21. The Morgan fingerprint density at radius 1 is 0.857 bits per heavy atom. The number of hydrogen-bond acceptors (Lipinski definition) is 4. The first-order valence-electron chi connectivity index (χ1n) is 9.87. The number of imidazole rings is 1. The van der Waals surface area contributed by atoms with Crippen molar-refractivity contribution in [3.63, 3.8) is 0 Å². The van der Waals surface area contributed by atoms with E-state index in [0.29, 0.717) is 5.92 Å². The lowest BCUT2D eigenvalue weighted by atomic mass is 9.95. The molecule has 0 saturated carbocycles. The van der Waals surface area contributed by atoms with Crippen LogP contribution in [0.4, 0.5) is 5.69 Å². The van der Waals surface area contributed by atoms with E-state index in [9.17, 15) is 0 Å². The average molecular weight is 369 g/mol. The van der Waals surface area contributed by atoms with E-state index in [1.54, 1.807) is 0 Å². The molecule has 1 aliphatic rings. The van der Waals surface area contributed by atoms with Gasteiger partial charge in [-0.25, -0.2) is 4.98 Å². The number of piperidine rings is 1. The van der Waals surface area contributed by atoms with Gasteiger partial charge in [0, 0.05) is 67.6 Å². The highest BCUT2D eigenvalue weighted by atomic mass is 15.1. The van der Waals surface area contributed by atoms with Crippen molar-refractivity contribution in [2.45, 2.75) is 25.3 Å². The van der Waals surface area contributed by atoms with Crippen LogP contribution in [0.3, 0.4) is 0 Å². The second-order valence-corrected chi connectivity index (χ2v) is 7.38. The Labute approximate surface area is 164 Å². The zero-order chi connectivity index (χ0) is 18.8. The van der Waals surface area contributed by atoms with Crippen molar-refractivity contribution in [1.82, 2.24) is 19.5 Å². The fraction of sp³-hybridized carbons (Fsp3) is 0.261. The summed E-state index contributed by atoms with van der Waals surface area (Å²) in [5.74, 6) is 1.71. The van der Waals surface area contributed by atoms with E-state index >= 15 is 0 Å². The molecule has 5 rings (SSSR count). The van der Waals surface area contributed by atoms with Gasteiger partial charge in [0.2, 0.25) is 0 Å². The van der Waals surface area contributed by atoms with Gasteiger partial charge < -0.3 is 9.47 Å². The molecule has 0 spiro atoms. The Morgan fingerprint density at radius 2 is 1.68 bits per heavy atom. The molecule has 0 unspecified atom stereocenters. The number of hydrogen-bond donors (Lipinski definition) is 0. The fourth-order valence-corrected chi connectivity index (χ4v) is 4.23. The van der Waals surface area contributed by atoms with E-state index in [4.69, 9.17) is 4.98 Å². The SMILES string of the molecule is c1ccc2c(N3CCC(c4nccn4Cc4ccncc4)CC3)ccnc2c1. The molecule has 0 radical (unpaired) electrons. The largest absolute Gasteiger partial charge is 0.371 e. The smallest absolute Gasteiger partial charge is 0.112 e. The molecule has 4 aromatic rings. The van der Waals surface area contributed by atoms with Crippen LogP contribution in [0.25, 0.3) is 10.9 Å². The third kappa shape index (κ3) is 3.24. The molecular weight excluding hydrogens is 346 g/mol. The highest BCUT2D eigenvalue weighted by Gasteiger charge is 2.25. The summed E-state index contributed by atoms with van der Waals surface area (Å²) in [6, 6.07) is 14.7. The molecule has 1 aliphatic heterocycles. The number of fused-ring (bicyclic) bond motifs is 1. The molecule has 0 aliphatic carbocycles. The first kappa shape index (κ1) is 16.9. The molecule has 1 aromatic carbocycles. The Kier molecular flexibility index (Phi) is 4.49. The lowest BCUT2D eigenvalue weighted by Crippen LogP contribution is -2.33. The molecule has 140 valence electrons. The van der Waals surface area contributed by atoms with E-state index in [2.05, 4.69) is 62.0 Å². The predicted octanol–water partition coefficient (Wildman–Crippen LogP) is 4.26. The number of nitrogens with zero attached hydrogens (tertiary/aromatic N) is 5. The highest BCUT2D eigenvalue weighted by Crippen LogP contribution is 2.32. The summed E-state index contributed by atoms with van der Waals surface area (Å²) >= 11 is 0. The quantitative estimate of drug-likeness (QED) is 0.539. The molecule has 5 heteroatoms. The monoisotopic (exact) mass is 369 g/mol. The van der Waals surface area contributed by atoms with Crippen molar-refractivity contribution >= 4 is 16.6 Å². The van der Waals surface area contributed by atoms with E-state index in [1.165, 1.54) is 22.5 Å². The van der Waals surface area contributed by atoms with Gasteiger partial charge >= 0.3 is 0 Å². The summed E-state index contributed by atoms with van der Waals surface area (Å²) in [6.07, 6.45) is 11.9. The maximum atomic E-state index is 4.70. The second kappa shape index (κ2) is 7.43. The molecule has 0 bridgehead atoms. The van der Waals surface area contributed by atoms with Crippen molar-refractivity contribution < 1.29 is 0 Å². The number of benzene rings is 1. The number of aromatic nitrogens is 4. The predicted molar refractivity (Wildman–Crippen MR) is 111 cm³/mol. The number of anilines is 1. The maximum absolute atomic E-state index is 4.70. The van der Waals surface area contributed by atoms with Crippen LogP contribution < -0.4 is 4.90 Å².